The van der Waals surface area contributed by atoms with Crippen LogP contribution in [0.25, 0.3) is 17.0 Å². The Morgan fingerprint density at radius 1 is 0.835 bits per heavy atom. The third kappa shape index (κ3) is 17.4. The summed E-state index contributed by atoms with van der Waals surface area (Å²) in [5.74, 6) is -4.58. The topological polar surface area (TPSA) is 305 Å². The number of likely N-dealkylation sites (N-methyl/N-ethyl adjacent to an activating group) is 2. The molecule has 1 fully saturated rings. The van der Waals surface area contributed by atoms with Crippen molar-refractivity contribution >= 4 is 76.2 Å². The average Bonchev–Trinajstić information content (AvgIpc) is 1.65. The van der Waals surface area contributed by atoms with Crippen molar-refractivity contribution < 1.29 is 53.0 Å². The van der Waals surface area contributed by atoms with Gasteiger partial charge in [0.25, 0.3) is 0 Å². The first kappa shape index (κ1) is 69.7. The Kier molecular flexibility index (Phi) is 22.9. The summed E-state index contributed by atoms with van der Waals surface area (Å²) in [6.45, 7) is 19.0. The third-order valence-electron chi connectivity index (χ3n) is 17.6. The summed E-state index contributed by atoms with van der Waals surface area (Å²) in [6, 6.07) is 8.26. The number of ether oxygens (including phenoxy) is 1. The van der Waals surface area contributed by atoms with Crippen LogP contribution in [-0.2, 0) is 57.3 Å². The van der Waals surface area contributed by atoms with Crippen molar-refractivity contribution in [3.63, 3.8) is 0 Å². The van der Waals surface area contributed by atoms with Crippen molar-refractivity contribution in [1.82, 2.24) is 46.7 Å². The molecule has 22 heteroatoms. The Morgan fingerprint density at radius 2 is 1.56 bits per heavy atom. The van der Waals surface area contributed by atoms with Gasteiger partial charge in [-0.25, -0.2) is 14.4 Å². The van der Waals surface area contributed by atoms with Crippen molar-refractivity contribution in [3.05, 3.63) is 130 Å². The van der Waals surface area contributed by atoms with Crippen molar-refractivity contribution in [1.29, 1.82) is 0 Å². The SMILES string of the molecule is CNC(C(=O)N[C@H](C(=O)N(C)[C@H](/C=C(\C)C(=O)O)C(C)C)C(C)(C)C)C(C)(C)c1cn(C)c2cc(CNC(=O)OC3C4C=CC(NC(=O)[C@H](CCCNC(N)=O)NC(=O)[C@@H](NC(=O)CCC(=O)N5CC6=C(/C=C\c7ccccc75)CCC=C6)C(C)C)=CC43)ccc12. The lowest BCUT2D eigenvalue weighted by Gasteiger charge is -2.39. The molecule has 490 valence electrons. The monoisotopic (exact) mass is 1250 g/mol. The van der Waals surface area contributed by atoms with Crippen molar-refractivity contribution in [2.75, 3.05) is 32.1 Å². The van der Waals surface area contributed by atoms with E-state index in [0.29, 0.717) is 12.2 Å². The molecule has 0 spiro atoms. The zero-order valence-electron chi connectivity index (χ0n) is 54.8. The number of carbonyl (C=O) groups excluding carboxylic acids is 8. The summed E-state index contributed by atoms with van der Waals surface area (Å²) in [6.07, 6.45) is 17.9. The van der Waals surface area contributed by atoms with Gasteiger partial charge in [-0.2, -0.15) is 0 Å². The number of carboxylic acid groups (broad SMARTS) is 1. The van der Waals surface area contributed by atoms with E-state index in [9.17, 15) is 48.3 Å². The van der Waals surface area contributed by atoms with E-state index in [1.807, 2.05) is 121 Å². The number of anilines is 1. The number of hydrogen-bond donors (Lipinski definition) is 9. The lowest BCUT2D eigenvalue weighted by Crippen LogP contribution is -2.61. The number of urea groups is 1. The van der Waals surface area contributed by atoms with E-state index in [-0.39, 0.29) is 79.8 Å². The quantitative estimate of drug-likeness (QED) is 0.0288. The zero-order valence-corrected chi connectivity index (χ0v) is 54.8. The van der Waals surface area contributed by atoms with E-state index >= 15 is 0 Å². The van der Waals surface area contributed by atoms with Gasteiger partial charge in [-0.1, -0.05) is 135 Å². The molecule has 10 N–H and O–H groups in total. The van der Waals surface area contributed by atoms with Crippen LogP contribution in [0, 0.1) is 29.1 Å². The first-order valence-electron chi connectivity index (χ1n) is 31.4. The summed E-state index contributed by atoms with van der Waals surface area (Å²) in [4.78, 5) is 124. The Hall–Kier alpha value is -8.79. The first-order chi connectivity index (χ1) is 42.9. The predicted octanol–water partition coefficient (Wildman–Crippen LogP) is 7.06. The van der Waals surface area contributed by atoms with Gasteiger partial charge in [0.1, 0.15) is 24.2 Å². The molecule has 2 heterocycles. The molecule has 2 aromatic carbocycles. The number of benzene rings is 2. The second-order valence-corrected chi connectivity index (χ2v) is 26.6. The van der Waals surface area contributed by atoms with Gasteiger partial charge < -0.3 is 67.2 Å². The van der Waals surface area contributed by atoms with Crippen LogP contribution in [-0.4, -0.2) is 132 Å². The molecule has 1 aromatic heterocycles. The van der Waals surface area contributed by atoms with Crippen LogP contribution in [0.15, 0.2) is 114 Å². The molecule has 4 unspecified atom stereocenters. The molecular formula is C69H93N11O11. The number of allylic oxidation sites excluding steroid dienone is 4. The van der Waals surface area contributed by atoms with Gasteiger partial charge in [0.15, 0.2) is 0 Å². The fourth-order valence-electron chi connectivity index (χ4n) is 12.2. The lowest BCUT2D eigenvalue weighted by atomic mass is 9.76. The molecule has 1 aliphatic heterocycles. The lowest BCUT2D eigenvalue weighted by molar-refractivity contribution is -0.141. The van der Waals surface area contributed by atoms with E-state index in [0.717, 1.165) is 57.3 Å². The highest BCUT2D eigenvalue weighted by Crippen LogP contribution is 2.47. The van der Waals surface area contributed by atoms with Crippen molar-refractivity contribution in [2.24, 2.45) is 41.9 Å². The molecule has 4 aliphatic rings. The summed E-state index contributed by atoms with van der Waals surface area (Å²) in [7, 11) is 5.23. The number of aryl methyl sites for hydroxylation is 1. The molecule has 0 saturated heterocycles. The van der Waals surface area contributed by atoms with Gasteiger partial charge >= 0.3 is 18.1 Å². The highest BCUT2D eigenvalue weighted by Gasteiger charge is 2.52. The number of amides is 9. The Bertz CT molecular complexity index is 3470. The number of carboxylic acids is 1. The molecule has 22 nitrogen and oxygen atoms in total. The van der Waals surface area contributed by atoms with E-state index in [2.05, 4.69) is 55.4 Å². The molecule has 8 atom stereocenters. The van der Waals surface area contributed by atoms with Crippen LogP contribution in [0.2, 0.25) is 0 Å². The van der Waals surface area contributed by atoms with Gasteiger partial charge in [0.05, 0.1) is 24.3 Å². The maximum atomic E-state index is 14.4. The number of nitrogens with two attached hydrogens (primary N) is 1. The van der Waals surface area contributed by atoms with E-state index < -0.39 is 88.9 Å². The number of carbonyl (C=O) groups is 9. The number of aliphatic carboxylic acids is 1. The van der Waals surface area contributed by atoms with Gasteiger partial charge in [0, 0.05) is 85.6 Å². The van der Waals surface area contributed by atoms with Crippen molar-refractivity contribution in [3.8, 4) is 0 Å². The maximum Gasteiger partial charge on any atom is 0.407 e. The smallest absolute Gasteiger partial charge is 0.407 e. The number of nitrogens with one attached hydrogen (secondary N) is 7. The fourth-order valence-corrected chi connectivity index (χ4v) is 12.2. The molecule has 3 aromatic rings. The maximum absolute atomic E-state index is 14.4. The predicted molar refractivity (Wildman–Crippen MR) is 350 cm³/mol. The van der Waals surface area contributed by atoms with Crippen LogP contribution < -0.4 is 47.9 Å². The minimum absolute atomic E-state index is 0.103. The number of alkyl carbamates (subject to hydrolysis) is 1. The highest BCUT2D eigenvalue weighted by molar-refractivity contribution is 5.99. The number of nitrogens with zero attached hydrogens (tertiary/aromatic N) is 3. The highest BCUT2D eigenvalue weighted by atomic mass is 16.6. The van der Waals surface area contributed by atoms with Gasteiger partial charge in [-0.05, 0) is 103 Å². The molecule has 9 amide bonds. The summed E-state index contributed by atoms with van der Waals surface area (Å²) < 4.78 is 7.84. The standard InChI is InChI=1S/C69H93N11O11/c1-39(2)53(33-41(5)65(87)88)79(13)64(86)60(68(6,7)8)77-63(85)59(71-11)69(9,10)50-38-78(12)54-34-42(24-28-48(50)54)36-73-67(90)91-58-47-29-27-46(35-49(47)58)74-61(83)51(22-18-32-72-66(70)89)75-62(84)57(40(3)4)76-55(81)30-31-56(82)80-37-45-21-15-14-19-43(45)25-26-44-20-16-17-23-52(44)80/h15-17,20-21,23-29,33-35,38-40,47,49,51,53,57-60,71H,14,18-19,22,30-32,36-37H2,1-13H3,(H,73,90)(H,74,83)(H,75,84)(H,76,81)(H,77,85)(H,87,88)(H3,70,72,89)/b26-25-,41-33+/t47?,49?,51-,53+,57-,58?,59?,60+/m0/s1. The zero-order chi connectivity index (χ0) is 66.8. The molecule has 3 aliphatic carbocycles. The molecule has 91 heavy (non-hydrogen) atoms. The number of aromatic nitrogens is 1. The summed E-state index contributed by atoms with van der Waals surface area (Å²) >= 11 is 0. The fraction of sp³-hybridized carbons (Fsp3) is 0.493. The number of primary amides is 1. The number of hydrogen-bond acceptors (Lipinski definition) is 11. The van der Waals surface area contributed by atoms with Gasteiger partial charge in [-0.15, -0.1) is 0 Å². The molecule has 0 bridgehead atoms. The largest absolute Gasteiger partial charge is 0.478 e. The van der Waals surface area contributed by atoms with Crippen LogP contribution in [0.1, 0.15) is 124 Å². The van der Waals surface area contributed by atoms with Gasteiger partial charge in [-0.3, -0.25) is 28.8 Å². The Labute approximate surface area is 534 Å². The van der Waals surface area contributed by atoms with E-state index in [1.54, 1.807) is 51.1 Å². The van der Waals surface area contributed by atoms with Crippen molar-refractivity contribution in [2.45, 2.75) is 156 Å². The van der Waals surface area contributed by atoms with Crippen LogP contribution in [0.4, 0.5) is 15.3 Å². The normalized spacial score (nSPS) is 19.0. The summed E-state index contributed by atoms with van der Waals surface area (Å²) in [5, 5.41) is 30.6. The second kappa shape index (κ2) is 29.9. The number of rotatable bonds is 26. The summed E-state index contributed by atoms with van der Waals surface area (Å²) in [5.41, 5.74) is 10.7. The van der Waals surface area contributed by atoms with Gasteiger partial charge in [0.2, 0.25) is 35.4 Å². The minimum Gasteiger partial charge on any atom is -0.478 e. The molecule has 1 saturated carbocycles. The van der Waals surface area contributed by atoms with Crippen LogP contribution in [0.3, 0.4) is 0 Å². The number of fused-ring (bicyclic) bond motifs is 3. The Balaban J connectivity index is 0.936. The molecule has 0 radical (unpaired) electrons. The number of para-hydroxylation sites is 1. The molecular weight excluding hydrogens is 1160 g/mol. The van der Waals surface area contributed by atoms with E-state index in [1.165, 1.54) is 11.8 Å². The Morgan fingerprint density at radius 3 is 2.23 bits per heavy atom. The van der Waals surface area contributed by atoms with Crippen LogP contribution >= 0.6 is 0 Å². The van der Waals surface area contributed by atoms with E-state index in [4.69, 9.17) is 10.5 Å². The van der Waals surface area contributed by atoms with Crippen LogP contribution in [0.5, 0.6) is 0 Å². The first-order valence-corrected chi connectivity index (χ1v) is 31.4. The second-order valence-electron chi connectivity index (χ2n) is 26.6. The molecule has 7 rings (SSSR count). The minimum atomic E-state index is -1.10. The third-order valence-corrected chi connectivity index (χ3v) is 17.6. The average molecular weight is 1250 g/mol.